The summed E-state index contributed by atoms with van der Waals surface area (Å²) in [7, 11) is -3.70. The second-order valence-corrected chi connectivity index (χ2v) is 8.01. The first kappa shape index (κ1) is 21.4. The minimum atomic E-state index is -3.70. The van der Waals surface area contributed by atoms with Crippen LogP contribution in [0.25, 0.3) is 0 Å². The van der Waals surface area contributed by atoms with Gasteiger partial charge in [0, 0.05) is 17.3 Å². The number of anilines is 1. The van der Waals surface area contributed by atoms with E-state index in [0.29, 0.717) is 11.3 Å². The van der Waals surface area contributed by atoms with Crippen molar-refractivity contribution in [1.82, 2.24) is 4.90 Å². The topological polar surface area (TPSA) is 92.8 Å². The minimum absolute atomic E-state index is 0.146. The molecule has 0 aliphatic rings. The summed E-state index contributed by atoms with van der Waals surface area (Å²) in [6, 6.07) is 13.9. The van der Waals surface area contributed by atoms with E-state index in [1.54, 1.807) is 39.0 Å². The van der Waals surface area contributed by atoms with Crippen LogP contribution < -0.4 is 4.72 Å². The van der Waals surface area contributed by atoms with Gasteiger partial charge in [-0.2, -0.15) is 0 Å². The number of carbonyl (C=O) groups is 2. The van der Waals surface area contributed by atoms with E-state index in [4.69, 9.17) is 4.74 Å². The lowest BCUT2D eigenvalue weighted by Crippen LogP contribution is -2.41. The van der Waals surface area contributed by atoms with Gasteiger partial charge >= 0.3 is 5.97 Å². The largest absolute Gasteiger partial charge is 0.465 e. The Labute approximate surface area is 165 Å². The number of benzene rings is 2. The van der Waals surface area contributed by atoms with Crippen LogP contribution in [0, 0.1) is 0 Å². The van der Waals surface area contributed by atoms with Crippen LogP contribution in [0.15, 0.2) is 59.5 Å². The van der Waals surface area contributed by atoms with E-state index < -0.39 is 16.0 Å². The Bertz CT molecular complexity index is 909. The van der Waals surface area contributed by atoms with Crippen molar-refractivity contribution in [3.63, 3.8) is 0 Å². The first-order valence-electron chi connectivity index (χ1n) is 8.89. The van der Waals surface area contributed by atoms with E-state index in [1.165, 1.54) is 41.3 Å². The second kappa shape index (κ2) is 9.36. The van der Waals surface area contributed by atoms with E-state index >= 15 is 0 Å². The van der Waals surface area contributed by atoms with Crippen LogP contribution in [0.5, 0.6) is 0 Å². The fourth-order valence-corrected chi connectivity index (χ4v) is 3.57. The maximum absolute atomic E-state index is 12.7. The summed E-state index contributed by atoms with van der Waals surface area (Å²) in [4.78, 5) is 26.0. The van der Waals surface area contributed by atoms with Crippen molar-refractivity contribution in [2.24, 2.45) is 0 Å². The summed E-state index contributed by atoms with van der Waals surface area (Å²) >= 11 is 0. The number of nitrogens with zero attached hydrogens (tertiary/aromatic N) is 1. The lowest BCUT2D eigenvalue weighted by molar-refractivity contribution is -0.144. The van der Waals surface area contributed by atoms with E-state index in [9.17, 15) is 18.0 Å². The van der Waals surface area contributed by atoms with Gasteiger partial charge in [-0.15, -0.1) is 0 Å². The molecule has 0 heterocycles. The number of ether oxygens (including phenoxy) is 1. The Hall–Kier alpha value is -2.87. The normalized spacial score (nSPS) is 11.1. The van der Waals surface area contributed by atoms with Crippen molar-refractivity contribution >= 4 is 27.6 Å². The number of hydrogen-bond donors (Lipinski definition) is 1. The molecule has 0 bridgehead atoms. The number of esters is 1. The van der Waals surface area contributed by atoms with Crippen molar-refractivity contribution in [2.45, 2.75) is 31.7 Å². The van der Waals surface area contributed by atoms with E-state index in [1.807, 2.05) is 0 Å². The molecular weight excluding hydrogens is 380 g/mol. The zero-order chi connectivity index (χ0) is 20.7. The van der Waals surface area contributed by atoms with Crippen LogP contribution in [0.2, 0.25) is 0 Å². The van der Waals surface area contributed by atoms with E-state index in [0.717, 1.165) is 0 Å². The molecule has 0 unspecified atom stereocenters. The predicted octanol–water partition coefficient (Wildman–Crippen LogP) is 2.90. The highest BCUT2D eigenvalue weighted by Crippen LogP contribution is 2.18. The summed E-state index contributed by atoms with van der Waals surface area (Å²) in [6.45, 7) is 5.41. The highest BCUT2D eigenvalue weighted by atomic mass is 32.2. The van der Waals surface area contributed by atoms with Crippen molar-refractivity contribution in [2.75, 3.05) is 17.9 Å². The standard InChI is InChI=1S/C20H24N2O5S/c1-4-27-19(23)14-22(15(2)3)20(24)16-10-12-17(13-11-16)21-28(25,26)18-8-6-5-7-9-18/h5-13,15,21H,4,14H2,1-3H3. The molecule has 0 fully saturated rings. The van der Waals surface area contributed by atoms with Gasteiger partial charge in [-0.25, -0.2) is 8.42 Å². The summed E-state index contributed by atoms with van der Waals surface area (Å²) in [5.74, 6) is -0.808. The van der Waals surface area contributed by atoms with Crippen LogP contribution in [-0.2, 0) is 19.6 Å². The third-order valence-corrected chi connectivity index (χ3v) is 5.32. The third-order valence-electron chi connectivity index (χ3n) is 3.93. The van der Waals surface area contributed by atoms with Gasteiger partial charge < -0.3 is 9.64 Å². The Morgan fingerprint density at radius 1 is 1.04 bits per heavy atom. The molecule has 0 aromatic heterocycles. The Morgan fingerprint density at radius 3 is 2.18 bits per heavy atom. The molecule has 1 N–H and O–H groups in total. The highest BCUT2D eigenvalue weighted by Gasteiger charge is 2.22. The van der Waals surface area contributed by atoms with Gasteiger partial charge in [0.25, 0.3) is 15.9 Å². The number of rotatable bonds is 8. The average molecular weight is 404 g/mol. The molecule has 2 aromatic rings. The predicted molar refractivity (Wildman–Crippen MR) is 106 cm³/mol. The van der Waals surface area contributed by atoms with E-state index in [-0.39, 0.29) is 30.0 Å². The number of nitrogens with one attached hydrogen (secondary N) is 1. The SMILES string of the molecule is CCOC(=O)CN(C(=O)c1ccc(NS(=O)(=O)c2ccccc2)cc1)C(C)C. The molecule has 28 heavy (non-hydrogen) atoms. The van der Waals surface area contributed by atoms with Gasteiger partial charge in [-0.3, -0.25) is 14.3 Å². The minimum Gasteiger partial charge on any atom is -0.465 e. The highest BCUT2D eigenvalue weighted by molar-refractivity contribution is 7.92. The van der Waals surface area contributed by atoms with Crippen LogP contribution >= 0.6 is 0 Å². The Kier molecular flexibility index (Phi) is 7.17. The fraction of sp³-hybridized carbons (Fsp3) is 0.300. The smallest absolute Gasteiger partial charge is 0.325 e. The van der Waals surface area contributed by atoms with Crippen LogP contribution in [0.3, 0.4) is 0 Å². The number of sulfonamides is 1. The van der Waals surface area contributed by atoms with Gasteiger partial charge in [-0.05, 0) is 57.2 Å². The molecule has 0 aliphatic heterocycles. The summed E-state index contributed by atoms with van der Waals surface area (Å²) in [6.07, 6.45) is 0. The second-order valence-electron chi connectivity index (χ2n) is 6.33. The average Bonchev–Trinajstić information content (AvgIpc) is 2.66. The van der Waals surface area contributed by atoms with Gasteiger partial charge in [-0.1, -0.05) is 18.2 Å². The first-order valence-corrected chi connectivity index (χ1v) is 10.4. The monoisotopic (exact) mass is 404 g/mol. The van der Waals surface area contributed by atoms with Crippen LogP contribution in [0.1, 0.15) is 31.1 Å². The quantitative estimate of drug-likeness (QED) is 0.683. The van der Waals surface area contributed by atoms with E-state index in [2.05, 4.69) is 4.72 Å². The van der Waals surface area contributed by atoms with Crippen molar-refractivity contribution in [1.29, 1.82) is 0 Å². The van der Waals surface area contributed by atoms with Crippen molar-refractivity contribution in [3.8, 4) is 0 Å². The summed E-state index contributed by atoms with van der Waals surface area (Å²) in [5, 5.41) is 0. The zero-order valence-corrected chi connectivity index (χ0v) is 16.9. The molecule has 8 heteroatoms. The lowest BCUT2D eigenvalue weighted by Gasteiger charge is -2.25. The molecule has 0 spiro atoms. The van der Waals surface area contributed by atoms with Gasteiger partial charge in [0.1, 0.15) is 6.54 Å². The molecular formula is C20H24N2O5S. The molecule has 1 amide bonds. The zero-order valence-electron chi connectivity index (χ0n) is 16.1. The Morgan fingerprint density at radius 2 is 1.64 bits per heavy atom. The lowest BCUT2D eigenvalue weighted by atomic mass is 10.1. The molecule has 0 aliphatic carbocycles. The molecule has 0 saturated heterocycles. The molecule has 0 saturated carbocycles. The van der Waals surface area contributed by atoms with Crippen LogP contribution in [-0.4, -0.2) is 44.4 Å². The van der Waals surface area contributed by atoms with Gasteiger partial charge in [0.2, 0.25) is 0 Å². The first-order chi connectivity index (χ1) is 13.2. The molecule has 150 valence electrons. The molecule has 2 aromatic carbocycles. The maximum Gasteiger partial charge on any atom is 0.325 e. The molecule has 0 atom stereocenters. The Balaban J connectivity index is 2.14. The van der Waals surface area contributed by atoms with Gasteiger partial charge in [0.05, 0.1) is 11.5 Å². The number of amides is 1. The van der Waals surface area contributed by atoms with Crippen molar-refractivity contribution in [3.05, 3.63) is 60.2 Å². The fourth-order valence-electron chi connectivity index (χ4n) is 2.49. The third kappa shape index (κ3) is 5.56. The van der Waals surface area contributed by atoms with Crippen LogP contribution in [0.4, 0.5) is 5.69 Å². The summed E-state index contributed by atoms with van der Waals surface area (Å²) in [5.41, 5.74) is 0.683. The molecule has 7 nitrogen and oxygen atoms in total. The number of hydrogen-bond acceptors (Lipinski definition) is 5. The maximum atomic E-state index is 12.7. The molecule has 0 radical (unpaired) electrons. The number of carbonyl (C=O) groups excluding carboxylic acids is 2. The molecule has 2 rings (SSSR count). The summed E-state index contributed by atoms with van der Waals surface area (Å²) < 4.78 is 32.1. The van der Waals surface area contributed by atoms with Gasteiger partial charge in [0.15, 0.2) is 0 Å². The van der Waals surface area contributed by atoms with Crippen molar-refractivity contribution < 1.29 is 22.7 Å².